The van der Waals surface area contributed by atoms with Gasteiger partial charge in [-0.15, -0.1) is 13.2 Å². The first-order chi connectivity index (χ1) is 14.0. The van der Waals surface area contributed by atoms with Gasteiger partial charge in [-0.1, -0.05) is 36.1 Å². The molecule has 0 radical (unpaired) electrons. The van der Waals surface area contributed by atoms with Crippen LogP contribution in [0, 0.1) is 11.8 Å². The third kappa shape index (κ3) is 7.24. The topological polar surface area (TPSA) is 41.6 Å². The number of halogens is 6. The van der Waals surface area contributed by atoms with Crippen LogP contribution < -0.4 is 10.1 Å². The highest BCUT2D eigenvalue weighted by Crippen LogP contribution is 2.29. The molecular weight excluding hydrogens is 414 g/mol. The summed E-state index contributed by atoms with van der Waals surface area (Å²) in [6.45, 7) is -0.334. The van der Waals surface area contributed by atoms with Gasteiger partial charge in [-0.3, -0.25) is 0 Å². The number of alkyl halides is 6. The van der Waals surface area contributed by atoms with Crippen LogP contribution in [0.1, 0.15) is 16.7 Å². The van der Waals surface area contributed by atoms with Gasteiger partial charge in [0.25, 0.3) is 0 Å². The molecule has 30 heavy (non-hydrogen) atoms. The summed E-state index contributed by atoms with van der Waals surface area (Å²) in [5.41, 5.74) is -0.564. The van der Waals surface area contributed by atoms with Crippen LogP contribution in [0.4, 0.5) is 31.1 Å². The summed E-state index contributed by atoms with van der Waals surface area (Å²) in [6, 6.07) is 9.19. The fraction of sp³-hybridized carbons (Fsp3) is 0.250. The van der Waals surface area contributed by atoms with Crippen LogP contribution in [-0.2, 0) is 12.7 Å². The summed E-state index contributed by atoms with van der Waals surface area (Å²) in [5, 5.41) is 2.41. The maximum absolute atomic E-state index is 12.7. The summed E-state index contributed by atoms with van der Waals surface area (Å²) < 4.78 is 79.3. The number of rotatable bonds is 4. The molecule has 2 rings (SSSR count). The van der Waals surface area contributed by atoms with E-state index in [0.29, 0.717) is 0 Å². The van der Waals surface area contributed by atoms with Crippen molar-refractivity contribution < 1.29 is 35.9 Å². The number of benzene rings is 2. The van der Waals surface area contributed by atoms with E-state index in [1.807, 2.05) is 0 Å². The lowest BCUT2D eigenvalue weighted by Crippen LogP contribution is -2.37. The van der Waals surface area contributed by atoms with Crippen LogP contribution in [0.25, 0.3) is 0 Å². The lowest BCUT2D eigenvalue weighted by molar-refractivity contribution is -0.275. The number of nitrogens with one attached hydrogen (secondary N) is 1. The highest BCUT2D eigenvalue weighted by atomic mass is 19.4. The van der Waals surface area contributed by atoms with E-state index in [0.717, 1.165) is 23.1 Å². The van der Waals surface area contributed by atoms with E-state index < -0.39 is 29.9 Å². The minimum Gasteiger partial charge on any atom is -0.405 e. The number of amides is 2. The van der Waals surface area contributed by atoms with Crippen LogP contribution in [0.3, 0.4) is 0 Å². The Morgan fingerprint density at radius 3 is 2.43 bits per heavy atom. The monoisotopic (exact) mass is 430 g/mol. The van der Waals surface area contributed by atoms with Gasteiger partial charge in [-0.25, -0.2) is 4.79 Å². The van der Waals surface area contributed by atoms with Gasteiger partial charge in [0, 0.05) is 18.2 Å². The van der Waals surface area contributed by atoms with Gasteiger partial charge in [0.05, 0.1) is 18.7 Å². The molecule has 0 saturated heterocycles. The lowest BCUT2D eigenvalue weighted by atomic mass is 10.1. The van der Waals surface area contributed by atoms with Crippen LogP contribution in [0.15, 0.2) is 48.5 Å². The van der Waals surface area contributed by atoms with Crippen molar-refractivity contribution in [3.05, 3.63) is 65.2 Å². The van der Waals surface area contributed by atoms with E-state index >= 15 is 0 Å². The minimum atomic E-state index is -4.87. The van der Waals surface area contributed by atoms with Gasteiger partial charge in [0.2, 0.25) is 0 Å². The Morgan fingerprint density at radius 1 is 1.07 bits per heavy atom. The molecule has 2 aromatic rings. The second-order valence-corrected chi connectivity index (χ2v) is 6.05. The first-order valence-corrected chi connectivity index (χ1v) is 8.44. The molecule has 2 aromatic carbocycles. The highest BCUT2D eigenvalue weighted by molar-refractivity contribution is 5.74. The summed E-state index contributed by atoms with van der Waals surface area (Å²) in [5.74, 6) is 4.61. The van der Waals surface area contributed by atoms with Crippen LogP contribution in [0.5, 0.6) is 5.75 Å². The number of hydrogen-bond acceptors (Lipinski definition) is 2. The van der Waals surface area contributed by atoms with Crippen molar-refractivity contribution >= 4 is 6.03 Å². The molecule has 160 valence electrons. The molecule has 0 bridgehead atoms. The predicted molar refractivity (Wildman–Crippen MR) is 96.3 cm³/mol. The van der Waals surface area contributed by atoms with Gasteiger partial charge in [0.15, 0.2) is 0 Å². The molecule has 0 spiro atoms. The molecule has 0 aliphatic heterocycles. The first kappa shape index (κ1) is 22.9. The molecule has 0 saturated carbocycles. The van der Waals surface area contributed by atoms with Gasteiger partial charge in [0.1, 0.15) is 5.75 Å². The lowest BCUT2D eigenvalue weighted by Gasteiger charge is -2.19. The highest BCUT2D eigenvalue weighted by Gasteiger charge is 2.32. The van der Waals surface area contributed by atoms with Crippen molar-refractivity contribution in [2.45, 2.75) is 19.1 Å². The molecular formula is C20H16F6N2O2. The molecule has 0 heterocycles. The van der Waals surface area contributed by atoms with Crippen molar-refractivity contribution in [3.8, 4) is 17.6 Å². The molecule has 0 atom stereocenters. The molecule has 1 N–H and O–H groups in total. The molecule has 10 heteroatoms. The number of ether oxygens (including phenoxy) is 1. The normalized spacial score (nSPS) is 11.3. The molecule has 0 unspecified atom stereocenters. The Kier molecular flexibility index (Phi) is 7.21. The SMILES string of the molecule is CN(Cc1ccccc1OC(F)(F)F)C(=O)NCC#Cc1cccc(C(F)(F)F)c1. The summed E-state index contributed by atoms with van der Waals surface area (Å²) in [7, 11) is 1.36. The molecule has 4 nitrogen and oxygen atoms in total. The number of hydrogen-bond donors (Lipinski definition) is 1. The van der Waals surface area contributed by atoms with Gasteiger partial charge < -0.3 is 15.0 Å². The summed E-state index contributed by atoms with van der Waals surface area (Å²) >= 11 is 0. The largest absolute Gasteiger partial charge is 0.573 e. The third-order valence-corrected chi connectivity index (χ3v) is 3.70. The van der Waals surface area contributed by atoms with Crippen molar-refractivity contribution in [3.63, 3.8) is 0 Å². The van der Waals surface area contributed by atoms with Crippen molar-refractivity contribution in [1.82, 2.24) is 10.2 Å². The van der Waals surface area contributed by atoms with Crippen LogP contribution in [0.2, 0.25) is 0 Å². The standard InChI is InChI=1S/C20H16F6N2O2/c1-28(13-15-8-2-3-10-17(15)30-20(24,25)26)18(29)27-11-5-7-14-6-4-9-16(12-14)19(21,22)23/h2-4,6,8-10,12H,11,13H2,1H3,(H,27,29). The Balaban J connectivity index is 1.94. The van der Waals surface area contributed by atoms with E-state index in [-0.39, 0.29) is 24.2 Å². The average molecular weight is 430 g/mol. The minimum absolute atomic E-state index is 0.130. The van der Waals surface area contributed by atoms with E-state index in [1.165, 1.54) is 37.4 Å². The third-order valence-electron chi connectivity index (χ3n) is 3.70. The Labute approximate surface area is 168 Å². The van der Waals surface area contributed by atoms with Crippen molar-refractivity contribution in [1.29, 1.82) is 0 Å². The molecule has 2 amide bonds. The van der Waals surface area contributed by atoms with E-state index in [2.05, 4.69) is 21.9 Å². The quantitative estimate of drug-likeness (QED) is 0.560. The van der Waals surface area contributed by atoms with Crippen molar-refractivity contribution in [2.24, 2.45) is 0 Å². The van der Waals surface area contributed by atoms with Crippen molar-refractivity contribution in [2.75, 3.05) is 13.6 Å². The second-order valence-electron chi connectivity index (χ2n) is 6.05. The summed E-state index contributed by atoms with van der Waals surface area (Å²) in [4.78, 5) is 13.2. The fourth-order valence-corrected chi connectivity index (χ4v) is 2.36. The number of urea groups is 1. The van der Waals surface area contributed by atoms with Crippen LogP contribution in [-0.4, -0.2) is 30.9 Å². The molecule has 0 fully saturated rings. The maximum Gasteiger partial charge on any atom is 0.573 e. The average Bonchev–Trinajstić information content (AvgIpc) is 2.65. The second kappa shape index (κ2) is 9.43. The van der Waals surface area contributed by atoms with Gasteiger partial charge in [-0.2, -0.15) is 13.2 Å². The number of carbonyl (C=O) groups excluding carboxylic acids is 1. The maximum atomic E-state index is 12.7. The first-order valence-electron chi connectivity index (χ1n) is 8.44. The molecule has 0 aromatic heterocycles. The Bertz CT molecular complexity index is 945. The van der Waals surface area contributed by atoms with E-state index in [9.17, 15) is 31.1 Å². The van der Waals surface area contributed by atoms with E-state index in [1.54, 1.807) is 0 Å². The number of para-hydroxylation sites is 1. The van der Waals surface area contributed by atoms with E-state index in [4.69, 9.17) is 0 Å². The number of carbonyl (C=O) groups is 1. The van der Waals surface area contributed by atoms with Gasteiger partial charge in [-0.05, 0) is 24.3 Å². The Morgan fingerprint density at radius 2 is 1.77 bits per heavy atom. The van der Waals surface area contributed by atoms with Crippen LogP contribution >= 0.6 is 0 Å². The predicted octanol–water partition coefficient (Wildman–Crippen LogP) is 4.80. The molecule has 0 aliphatic rings. The smallest absolute Gasteiger partial charge is 0.405 e. The zero-order valence-electron chi connectivity index (χ0n) is 15.6. The molecule has 0 aliphatic carbocycles. The fourth-order valence-electron chi connectivity index (χ4n) is 2.36. The zero-order valence-corrected chi connectivity index (χ0v) is 15.6. The number of nitrogens with zero attached hydrogens (tertiary/aromatic N) is 1. The zero-order chi connectivity index (χ0) is 22.4. The van der Waals surface area contributed by atoms with Gasteiger partial charge >= 0.3 is 18.6 Å². The summed E-state index contributed by atoms with van der Waals surface area (Å²) in [6.07, 6.45) is -9.35. The Hall–Kier alpha value is -3.35.